The molecule has 0 spiro atoms. The number of nitrogens with zero attached hydrogens (tertiary/aromatic N) is 3. The maximum Gasteiger partial charge on any atom is 0.308 e. The number of fused-ring (bicyclic) bond motifs is 1. The van der Waals surface area contributed by atoms with Crippen molar-refractivity contribution >= 4 is 34.8 Å². The quantitative estimate of drug-likeness (QED) is 0.193. The molecule has 3 N–H and O–H groups in total. The Labute approximate surface area is 249 Å². The predicted octanol–water partition coefficient (Wildman–Crippen LogP) is 6.63. The molecule has 42 heavy (non-hydrogen) atoms. The Morgan fingerprint density at radius 3 is 2.74 bits per heavy atom. The van der Waals surface area contributed by atoms with E-state index in [9.17, 15) is 4.79 Å². The van der Waals surface area contributed by atoms with Crippen molar-refractivity contribution in [1.82, 2.24) is 14.5 Å². The zero-order valence-electron chi connectivity index (χ0n) is 26.2. The minimum atomic E-state index is -0.804. The van der Waals surface area contributed by atoms with Crippen LogP contribution in [0.2, 0.25) is 0 Å². The van der Waals surface area contributed by atoms with E-state index in [0.717, 1.165) is 48.2 Å². The molecule has 0 unspecified atom stereocenters. The number of unbranched alkanes of at least 4 members (excludes halogenated alkanes) is 2. The predicted molar refractivity (Wildman–Crippen MR) is 168 cm³/mol. The molecule has 3 heterocycles. The number of hydrogen-bond acceptors (Lipinski definition) is 8. The van der Waals surface area contributed by atoms with Crippen LogP contribution < -0.4 is 11.1 Å². The summed E-state index contributed by atoms with van der Waals surface area (Å²) in [4.78, 5) is 21.4. The lowest BCUT2D eigenvalue weighted by atomic mass is 10.0. The molecule has 9 heteroatoms. The molecule has 9 nitrogen and oxygen atoms in total. The van der Waals surface area contributed by atoms with E-state index in [0.29, 0.717) is 13.0 Å². The van der Waals surface area contributed by atoms with Crippen molar-refractivity contribution in [3.8, 4) is 0 Å². The Bertz CT molecular complexity index is 1410. The lowest BCUT2D eigenvalue weighted by molar-refractivity contribution is -0.290. The summed E-state index contributed by atoms with van der Waals surface area (Å²) in [6.45, 7) is 15.2. The number of hydrogen-bond donors (Lipinski definition) is 2. The van der Waals surface area contributed by atoms with E-state index in [-0.39, 0.29) is 30.5 Å². The Kier molecular flexibility index (Phi) is 9.94. The van der Waals surface area contributed by atoms with Crippen molar-refractivity contribution in [2.24, 2.45) is 0 Å². The SMILES string of the molecule is CCCCCNc1nc(N)nc2ccn(Cc3cc(C=C[C@@H]4C[C@H](CC(=O)OC(C)(C)C)OC(C)(C)O4)ccc3C)c12. The zero-order chi connectivity index (χ0) is 30.5. The number of carbonyl (C=O) groups excluding carboxylic acids is 1. The fraction of sp³-hybridized carbons (Fsp3) is 0.545. The van der Waals surface area contributed by atoms with Crippen LogP contribution in [0.15, 0.2) is 36.5 Å². The molecule has 0 bridgehead atoms. The summed E-state index contributed by atoms with van der Waals surface area (Å²) >= 11 is 0. The molecule has 1 aliphatic rings. The molecule has 1 saturated heterocycles. The third-order valence-electron chi connectivity index (χ3n) is 7.11. The largest absolute Gasteiger partial charge is 0.460 e. The number of esters is 1. The molecule has 0 amide bonds. The average Bonchev–Trinajstić information content (AvgIpc) is 3.27. The second kappa shape index (κ2) is 13.3. The Morgan fingerprint density at radius 2 is 2.00 bits per heavy atom. The van der Waals surface area contributed by atoms with Crippen LogP contribution in [0, 0.1) is 6.92 Å². The van der Waals surface area contributed by atoms with Crippen LogP contribution in [-0.2, 0) is 25.5 Å². The number of benzene rings is 1. The van der Waals surface area contributed by atoms with Crippen molar-refractivity contribution in [3.05, 3.63) is 53.2 Å². The minimum Gasteiger partial charge on any atom is -0.460 e. The van der Waals surface area contributed by atoms with Crippen LogP contribution >= 0.6 is 0 Å². The van der Waals surface area contributed by atoms with Gasteiger partial charge < -0.3 is 29.8 Å². The minimum absolute atomic E-state index is 0.191. The van der Waals surface area contributed by atoms with Gasteiger partial charge in [-0.15, -0.1) is 0 Å². The van der Waals surface area contributed by atoms with Gasteiger partial charge in [0.15, 0.2) is 11.6 Å². The standard InChI is InChI=1S/C33H47N5O4/c1-8-9-10-16-35-30-29-27(36-31(34)37-30)15-17-38(29)21-24-18-23(12-11-22(24)2)13-14-25-19-26(41-33(6,7)40-25)20-28(39)42-32(3,4)5/h11-15,17-18,25-26H,8-10,16,19-21H2,1-7H3,(H3,34,35,36,37)/t25-,26-/m1/s1. The summed E-state index contributed by atoms with van der Waals surface area (Å²) < 4.78 is 19.9. The molecule has 0 radical (unpaired) electrons. The van der Waals surface area contributed by atoms with Gasteiger partial charge in [0.25, 0.3) is 0 Å². The Hall–Kier alpha value is -3.43. The van der Waals surface area contributed by atoms with E-state index in [1.165, 1.54) is 11.1 Å². The van der Waals surface area contributed by atoms with Crippen LogP contribution in [0.4, 0.5) is 11.8 Å². The lowest BCUT2D eigenvalue weighted by Crippen LogP contribution is -2.45. The van der Waals surface area contributed by atoms with E-state index >= 15 is 0 Å². The maximum absolute atomic E-state index is 12.4. The summed E-state index contributed by atoms with van der Waals surface area (Å²) in [7, 11) is 0. The fourth-order valence-corrected chi connectivity index (χ4v) is 5.29. The van der Waals surface area contributed by atoms with Crippen molar-refractivity contribution in [2.75, 3.05) is 17.6 Å². The molecule has 1 fully saturated rings. The van der Waals surface area contributed by atoms with Crippen molar-refractivity contribution < 1.29 is 19.0 Å². The Balaban J connectivity index is 1.49. The second-order valence-electron chi connectivity index (χ2n) is 12.6. The highest BCUT2D eigenvalue weighted by Gasteiger charge is 2.36. The number of anilines is 2. The van der Waals surface area contributed by atoms with Crippen molar-refractivity contribution in [1.29, 1.82) is 0 Å². The number of ether oxygens (including phenoxy) is 3. The zero-order valence-corrected chi connectivity index (χ0v) is 26.2. The molecule has 3 aromatic rings. The average molecular weight is 578 g/mol. The van der Waals surface area contributed by atoms with Crippen molar-refractivity contribution in [3.63, 3.8) is 0 Å². The lowest BCUT2D eigenvalue weighted by Gasteiger charge is -2.39. The van der Waals surface area contributed by atoms with Crippen LogP contribution in [0.3, 0.4) is 0 Å². The first-order valence-electron chi connectivity index (χ1n) is 15.0. The maximum atomic E-state index is 12.4. The van der Waals surface area contributed by atoms with Crippen LogP contribution in [0.5, 0.6) is 0 Å². The summed E-state index contributed by atoms with van der Waals surface area (Å²) in [5.74, 6) is -0.0244. The van der Waals surface area contributed by atoms with Gasteiger partial charge in [-0.1, -0.05) is 44.1 Å². The number of aromatic nitrogens is 3. The molecule has 1 aliphatic heterocycles. The highest BCUT2D eigenvalue weighted by Crippen LogP contribution is 2.30. The van der Waals surface area contributed by atoms with Gasteiger partial charge >= 0.3 is 5.97 Å². The molecular formula is C33H47N5O4. The van der Waals surface area contributed by atoms with E-state index < -0.39 is 11.4 Å². The van der Waals surface area contributed by atoms with E-state index in [1.54, 1.807) is 0 Å². The van der Waals surface area contributed by atoms with Gasteiger partial charge in [-0.2, -0.15) is 4.98 Å². The third kappa shape index (κ3) is 8.79. The van der Waals surface area contributed by atoms with Gasteiger partial charge in [0.2, 0.25) is 5.95 Å². The molecule has 4 rings (SSSR count). The van der Waals surface area contributed by atoms with Gasteiger partial charge in [-0.05, 0) is 76.8 Å². The number of nitrogens with one attached hydrogen (secondary N) is 1. The number of nitrogens with two attached hydrogens (primary N) is 1. The summed E-state index contributed by atoms with van der Waals surface area (Å²) in [5, 5.41) is 3.47. The molecule has 2 atom stereocenters. The van der Waals surface area contributed by atoms with Crippen molar-refractivity contribution in [2.45, 2.75) is 111 Å². The van der Waals surface area contributed by atoms with Gasteiger partial charge in [-0.3, -0.25) is 4.79 Å². The fourth-order valence-electron chi connectivity index (χ4n) is 5.29. The smallest absolute Gasteiger partial charge is 0.308 e. The molecular weight excluding hydrogens is 530 g/mol. The molecule has 1 aromatic carbocycles. The normalized spacial score (nSPS) is 18.9. The third-order valence-corrected chi connectivity index (χ3v) is 7.11. The number of carbonyl (C=O) groups is 1. The molecule has 0 saturated carbocycles. The summed E-state index contributed by atoms with van der Waals surface area (Å²) in [6, 6.07) is 8.43. The van der Waals surface area contributed by atoms with Gasteiger partial charge in [0.1, 0.15) is 11.1 Å². The number of nitrogen functional groups attached to an aromatic ring is 1. The van der Waals surface area contributed by atoms with Gasteiger partial charge in [0, 0.05) is 25.7 Å². The van der Waals surface area contributed by atoms with Gasteiger partial charge in [-0.25, -0.2) is 4.98 Å². The number of rotatable bonds is 11. The molecule has 228 valence electrons. The topological polar surface area (TPSA) is 114 Å². The van der Waals surface area contributed by atoms with Crippen LogP contribution in [0.25, 0.3) is 17.1 Å². The Morgan fingerprint density at radius 1 is 1.21 bits per heavy atom. The molecule has 0 aliphatic carbocycles. The molecule has 2 aromatic heterocycles. The van der Waals surface area contributed by atoms with Crippen LogP contribution in [-0.4, -0.2) is 50.6 Å². The first-order valence-corrected chi connectivity index (χ1v) is 15.0. The second-order valence-corrected chi connectivity index (χ2v) is 12.6. The van der Waals surface area contributed by atoms with Gasteiger partial charge in [0.05, 0.1) is 24.1 Å². The van der Waals surface area contributed by atoms with E-state index in [1.807, 2.05) is 46.9 Å². The highest BCUT2D eigenvalue weighted by molar-refractivity contribution is 5.87. The van der Waals surface area contributed by atoms with E-state index in [2.05, 4.69) is 64.1 Å². The first-order chi connectivity index (χ1) is 19.8. The monoisotopic (exact) mass is 577 g/mol. The van der Waals surface area contributed by atoms with E-state index in [4.69, 9.17) is 19.9 Å². The first kappa shape index (κ1) is 31.5. The number of aryl methyl sites for hydroxylation is 1. The van der Waals surface area contributed by atoms with Crippen LogP contribution in [0.1, 0.15) is 90.3 Å². The summed E-state index contributed by atoms with van der Waals surface area (Å²) in [5.41, 5.74) is 10.7. The highest BCUT2D eigenvalue weighted by atomic mass is 16.7. The summed E-state index contributed by atoms with van der Waals surface area (Å²) in [6.07, 6.45) is 9.87.